The number of carbonyl (C=O) groups is 3. The maximum absolute atomic E-state index is 13.4. The van der Waals surface area contributed by atoms with E-state index in [2.05, 4.69) is 6.92 Å². The molecule has 9 atom stereocenters. The first-order valence-corrected chi connectivity index (χ1v) is 17.4. The van der Waals surface area contributed by atoms with Crippen LogP contribution in [-0.4, -0.2) is 62.6 Å². The lowest BCUT2D eigenvalue weighted by Gasteiger charge is -2.53. The summed E-state index contributed by atoms with van der Waals surface area (Å²) in [6, 6.07) is 0. The van der Waals surface area contributed by atoms with Crippen LogP contribution in [0.25, 0.3) is 0 Å². The second-order valence-corrected chi connectivity index (χ2v) is 15.1. The molecule has 8 nitrogen and oxygen atoms in total. The Morgan fingerprint density at radius 1 is 0.955 bits per heavy atom. The highest BCUT2D eigenvalue weighted by Gasteiger charge is 2.88. The van der Waals surface area contributed by atoms with E-state index in [9.17, 15) is 29.7 Å². The Hall–Kier alpha value is -1.77. The van der Waals surface area contributed by atoms with Gasteiger partial charge in [-0.1, -0.05) is 105 Å². The molecule has 0 aliphatic heterocycles. The number of aliphatic hydroxyl groups excluding tert-OH is 1. The second kappa shape index (κ2) is 13.5. The van der Waals surface area contributed by atoms with Crippen LogP contribution in [0.3, 0.4) is 0 Å². The van der Waals surface area contributed by atoms with E-state index in [0.29, 0.717) is 12.0 Å². The molecule has 4 aliphatic rings. The quantitative estimate of drug-likeness (QED) is 0.119. The zero-order valence-corrected chi connectivity index (χ0v) is 28.0. The van der Waals surface area contributed by atoms with Gasteiger partial charge in [-0.25, -0.2) is 0 Å². The molecule has 8 heteroatoms. The lowest BCUT2D eigenvalue weighted by molar-refractivity contribution is -0.233. The lowest BCUT2D eigenvalue weighted by atomic mass is 9.58. The van der Waals surface area contributed by atoms with Crippen LogP contribution in [0.5, 0.6) is 0 Å². The molecule has 4 rings (SSSR count). The molecular formula is C36H58O8. The minimum atomic E-state index is -1.84. The average Bonchev–Trinajstić information content (AvgIpc) is 3.38. The number of Topliss-reactive ketones (excluding diaryl/α,β-unsaturated/α-hetero) is 1. The predicted molar refractivity (Wildman–Crippen MR) is 167 cm³/mol. The zero-order chi connectivity index (χ0) is 32.5. The molecule has 0 amide bonds. The Labute approximate surface area is 264 Å². The summed E-state index contributed by atoms with van der Waals surface area (Å²) < 4.78 is 12.3. The van der Waals surface area contributed by atoms with Crippen LogP contribution in [0.4, 0.5) is 0 Å². The number of ether oxygens (including phenoxy) is 2. The van der Waals surface area contributed by atoms with Crippen molar-refractivity contribution in [3.63, 3.8) is 0 Å². The van der Waals surface area contributed by atoms with E-state index in [-0.39, 0.29) is 37.6 Å². The third-order valence-corrected chi connectivity index (χ3v) is 11.9. The lowest BCUT2D eigenvalue weighted by Crippen LogP contribution is -2.66. The van der Waals surface area contributed by atoms with Crippen LogP contribution < -0.4 is 0 Å². The van der Waals surface area contributed by atoms with E-state index in [1.807, 2.05) is 13.8 Å². The van der Waals surface area contributed by atoms with Gasteiger partial charge in [0.05, 0.1) is 12.2 Å². The van der Waals surface area contributed by atoms with Crippen molar-refractivity contribution in [2.45, 2.75) is 154 Å². The first-order valence-electron chi connectivity index (χ1n) is 17.4. The Kier molecular flexibility index (Phi) is 10.8. The molecule has 4 aliphatic carbocycles. The number of ketones is 1. The van der Waals surface area contributed by atoms with Crippen LogP contribution in [0.2, 0.25) is 0 Å². The molecule has 0 aromatic heterocycles. The van der Waals surface area contributed by atoms with Gasteiger partial charge in [-0.05, 0) is 18.4 Å². The van der Waals surface area contributed by atoms with Gasteiger partial charge in [0.25, 0.3) is 0 Å². The number of hydrogen-bond acceptors (Lipinski definition) is 8. The molecule has 0 aromatic rings. The number of esters is 2. The first-order chi connectivity index (χ1) is 20.7. The third-order valence-electron chi connectivity index (χ3n) is 11.9. The summed E-state index contributed by atoms with van der Waals surface area (Å²) in [5.74, 6) is -4.31. The van der Waals surface area contributed by atoms with Gasteiger partial charge >= 0.3 is 11.9 Å². The smallest absolute Gasteiger partial charge is 0.306 e. The van der Waals surface area contributed by atoms with Crippen LogP contribution in [-0.2, 0) is 23.9 Å². The molecule has 0 saturated heterocycles. The second-order valence-electron chi connectivity index (χ2n) is 15.1. The highest BCUT2D eigenvalue weighted by molar-refractivity contribution is 5.92. The van der Waals surface area contributed by atoms with Crippen molar-refractivity contribution >= 4 is 17.7 Å². The summed E-state index contributed by atoms with van der Waals surface area (Å²) in [6.07, 6.45) is 14.2. The SMILES string of the molecule is CCCCCCCCCCCCCC(=O)O[C@@H]1[C@@H](C)[C@@]2(O)[C@@H](C=C(CO)C[C@]3(O)C(=O)C(C)C[C@@H]23)[C@H]2C(C)(C)[C@]12OC(C)=O. The molecular weight excluding hydrogens is 560 g/mol. The number of rotatable bonds is 15. The Morgan fingerprint density at radius 2 is 1.52 bits per heavy atom. The Bertz CT molecular complexity index is 1100. The van der Waals surface area contributed by atoms with E-state index >= 15 is 0 Å². The van der Waals surface area contributed by atoms with E-state index in [0.717, 1.165) is 19.3 Å². The monoisotopic (exact) mass is 618 g/mol. The van der Waals surface area contributed by atoms with Crippen LogP contribution >= 0.6 is 0 Å². The summed E-state index contributed by atoms with van der Waals surface area (Å²) in [5, 5.41) is 34.9. The van der Waals surface area contributed by atoms with Gasteiger partial charge in [-0.3, -0.25) is 14.4 Å². The summed E-state index contributed by atoms with van der Waals surface area (Å²) >= 11 is 0. The van der Waals surface area contributed by atoms with Gasteiger partial charge < -0.3 is 24.8 Å². The van der Waals surface area contributed by atoms with Crippen molar-refractivity contribution in [2.75, 3.05) is 6.61 Å². The molecule has 1 unspecified atom stereocenters. The van der Waals surface area contributed by atoms with Crippen molar-refractivity contribution in [1.82, 2.24) is 0 Å². The summed E-state index contributed by atoms with van der Waals surface area (Å²) in [4.78, 5) is 39.2. The summed E-state index contributed by atoms with van der Waals surface area (Å²) in [6.45, 7) is 10.7. The molecule has 0 heterocycles. The number of aliphatic hydroxyl groups is 3. The molecule has 0 bridgehead atoms. The van der Waals surface area contributed by atoms with Crippen LogP contribution in [0, 0.1) is 35.0 Å². The molecule has 0 spiro atoms. The molecule has 44 heavy (non-hydrogen) atoms. The fraction of sp³-hybridized carbons (Fsp3) is 0.861. The maximum atomic E-state index is 13.4. The first kappa shape index (κ1) is 35.1. The number of hydrogen-bond donors (Lipinski definition) is 3. The number of carbonyl (C=O) groups excluding carboxylic acids is 3. The minimum Gasteiger partial charge on any atom is -0.458 e. The van der Waals surface area contributed by atoms with E-state index in [1.165, 1.54) is 51.9 Å². The van der Waals surface area contributed by atoms with E-state index in [4.69, 9.17) is 9.47 Å². The molecule has 3 fully saturated rings. The van der Waals surface area contributed by atoms with Crippen LogP contribution in [0.1, 0.15) is 131 Å². The maximum Gasteiger partial charge on any atom is 0.306 e. The third kappa shape index (κ3) is 5.92. The fourth-order valence-electron chi connectivity index (χ4n) is 9.64. The Balaban J connectivity index is 1.50. The van der Waals surface area contributed by atoms with Gasteiger partial charge in [0.15, 0.2) is 11.4 Å². The predicted octanol–water partition coefficient (Wildman–Crippen LogP) is 5.83. The fourth-order valence-corrected chi connectivity index (χ4v) is 9.64. The van der Waals surface area contributed by atoms with Gasteiger partial charge in [-0.15, -0.1) is 0 Å². The topological polar surface area (TPSA) is 130 Å². The van der Waals surface area contributed by atoms with Crippen molar-refractivity contribution in [1.29, 1.82) is 0 Å². The molecule has 3 saturated carbocycles. The molecule has 0 radical (unpaired) electrons. The minimum absolute atomic E-state index is 0.0557. The highest BCUT2D eigenvalue weighted by Crippen LogP contribution is 2.77. The van der Waals surface area contributed by atoms with E-state index < -0.39 is 63.9 Å². The molecule has 3 N–H and O–H groups in total. The van der Waals surface area contributed by atoms with Gasteiger partial charge in [0.1, 0.15) is 11.7 Å². The van der Waals surface area contributed by atoms with Crippen molar-refractivity contribution in [3.05, 3.63) is 11.6 Å². The summed E-state index contributed by atoms with van der Waals surface area (Å²) in [5.41, 5.74) is -4.82. The molecule has 250 valence electrons. The average molecular weight is 619 g/mol. The van der Waals surface area contributed by atoms with Crippen molar-refractivity contribution in [2.24, 2.45) is 35.0 Å². The number of unbranched alkanes of at least 4 members (excludes halogenated alkanes) is 10. The highest BCUT2D eigenvalue weighted by atomic mass is 16.6. The van der Waals surface area contributed by atoms with E-state index in [1.54, 1.807) is 19.9 Å². The van der Waals surface area contributed by atoms with Crippen molar-refractivity contribution < 1.29 is 39.2 Å². The Morgan fingerprint density at radius 3 is 2.07 bits per heavy atom. The van der Waals surface area contributed by atoms with Crippen molar-refractivity contribution in [3.8, 4) is 0 Å². The number of fused-ring (bicyclic) bond motifs is 5. The van der Waals surface area contributed by atoms with Gasteiger partial charge in [0, 0.05) is 54.8 Å². The zero-order valence-electron chi connectivity index (χ0n) is 28.0. The normalized spacial score (nSPS) is 38.6. The summed E-state index contributed by atoms with van der Waals surface area (Å²) in [7, 11) is 0. The van der Waals surface area contributed by atoms with Crippen LogP contribution in [0.15, 0.2) is 11.6 Å². The molecule has 0 aromatic carbocycles. The largest absolute Gasteiger partial charge is 0.458 e. The van der Waals surface area contributed by atoms with Gasteiger partial charge in [0.2, 0.25) is 0 Å². The standard InChI is InChI=1S/C36H58O8/c1-7-8-9-10-11-12-13-14-15-16-17-18-29(39)43-32-24(3)35(42)27(30-33(5,6)36(30,32)44-25(4)38)20-26(22-37)21-34(41)28(35)19-23(2)31(34)40/h20,23-24,27-28,30,32,37,41-42H,7-19,21-22H2,1-6H3/t23?,24-,27+,28-,30+,32-,34-,35-,36-/m1/s1. The van der Waals surface area contributed by atoms with Gasteiger partial charge in [-0.2, -0.15) is 0 Å².